The molecule has 0 bridgehead atoms. The molecule has 0 radical (unpaired) electrons. The second-order valence-electron chi connectivity index (χ2n) is 7.16. The number of aliphatic imine (C=N–C) groups is 1. The van der Waals surface area contributed by atoms with Gasteiger partial charge in [0.1, 0.15) is 0 Å². The Bertz CT molecular complexity index is 764. The molecule has 0 saturated carbocycles. The van der Waals surface area contributed by atoms with Gasteiger partial charge in [0.2, 0.25) is 10.0 Å². The SMILES string of the molecule is CN=C(NCc1cccc(CS(=O)(=O)NC)c1)N1CCC2(CCOC2)C1.I. The van der Waals surface area contributed by atoms with Crippen LogP contribution in [0.1, 0.15) is 24.0 Å². The zero-order valence-electron chi connectivity index (χ0n) is 15.9. The molecule has 1 aromatic rings. The summed E-state index contributed by atoms with van der Waals surface area (Å²) in [6, 6.07) is 7.63. The number of hydrogen-bond donors (Lipinski definition) is 2. The van der Waals surface area contributed by atoms with Gasteiger partial charge < -0.3 is 15.0 Å². The minimum Gasteiger partial charge on any atom is -0.381 e. The van der Waals surface area contributed by atoms with Crippen molar-refractivity contribution in [3.05, 3.63) is 35.4 Å². The van der Waals surface area contributed by atoms with Crippen LogP contribution < -0.4 is 10.0 Å². The number of hydrogen-bond acceptors (Lipinski definition) is 4. The lowest BCUT2D eigenvalue weighted by Crippen LogP contribution is -2.41. The highest BCUT2D eigenvalue weighted by Crippen LogP contribution is 2.38. The molecule has 1 spiro atoms. The van der Waals surface area contributed by atoms with Crippen molar-refractivity contribution in [2.24, 2.45) is 10.4 Å². The summed E-state index contributed by atoms with van der Waals surface area (Å²) >= 11 is 0. The van der Waals surface area contributed by atoms with Gasteiger partial charge in [0.15, 0.2) is 5.96 Å². The Labute approximate surface area is 179 Å². The monoisotopic (exact) mass is 508 g/mol. The molecular formula is C18H29IN4O3S. The van der Waals surface area contributed by atoms with Crippen molar-refractivity contribution in [2.75, 3.05) is 40.4 Å². The van der Waals surface area contributed by atoms with Crippen molar-refractivity contribution in [3.8, 4) is 0 Å². The van der Waals surface area contributed by atoms with E-state index in [4.69, 9.17) is 4.74 Å². The van der Waals surface area contributed by atoms with Gasteiger partial charge in [-0.3, -0.25) is 4.99 Å². The van der Waals surface area contributed by atoms with Crippen LogP contribution in [0.15, 0.2) is 29.3 Å². The van der Waals surface area contributed by atoms with E-state index < -0.39 is 10.0 Å². The van der Waals surface area contributed by atoms with Crippen LogP contribution in [0.4, 0.5) is 0 Å². The second-order valence-corrected chi connectivity index (χ2v) is 9.08. The van der Waals surface area contributed by atoms with E-state index in [9.17, 15) is 8.42 Å². The van der Waals surface area contributed by atoms with E-state index in [0.29, 0.717) is 12.0 Å². The lowest BCUT2D eigenvalue weighted by Gasteiger charge is -2.25. The predicted molar refractivity (Wildman–Crippen MR) is 118 cm³/mol. The number of rotatable bonds is 5. The molecule has 2 N–H and O–H groups in total. The molecule has 7 nitrogen and oxygen atoms in total. The summed E-state index contributed by atoms with van der Waals surface area (Å²) in [5.41, 5.74) is 2.10. The highest BCUT2D eigenvalue weighted by Gasteiger charge is 2.42. The van der Waals surface area contributed by atoms with Crippen LogP contribution >= 0.6 is 24.0 Å². The van der Waals surface area contributed by atoms with E-state index >= 15 is 0 Å². The van der Waals surface area contributed by atoms with Crippen LogP contribution in [0, 0.1) is 5.41 Å². The second kappa shape index (κ2) is 9.53. The van der Waals surface area contributed by atoms with Crippen LogP contribution in [-0.4, -0.2) is 59.7 Å². The zero-order chi connectivity index (χ0) is 18.6. The normalized spacial score (nSPS) is 22.9. The first-order valence-corrected chi connectivity index (χ1v) is 10.6. The number of nitrogens with zero attached hydrogens (tertiary/aromatic N) is 2. The molecule has 0 amide bonds. The maximum atomic E-state index is 11.7. The number of likely N-dealkylation sites (tertiary alicyclic amines) is 1. The summed E-state index contributed by atoms with van der Waals surface area (Å²) in [4.78, 5) is 6.72. The number of benzene rings is 1. The first-order chi connectivity index (χ1) is 12.5. The Hall–Kier alpha value is -0.910. The molecule has 1 atom stereocenters. The van der Waals surface area contributed by atoms with Gasteiger partial charge >= 0.3 is 0 Å². The third kappa shape index (κ3) is 5.78. The Kier molecular flexibility index (Phi) is 7.90. The van der Waals surface area contributed by atoms with Gasteiger partial charge in [-0.25, -0.2) is 13.1 Å². The van der Waals surface area contributed by atoms with Gasteiger partial charge in [-0.05, 0) is 31.0 Å². The minimum atomic E-state index is -3.27. The summed E-state index contributed by atoms with van der Waals surface area (Å²) in [5, 5.41) is 3.41. The van der Waals surface area contributed by atoms with E-state index in [1.54, 1.807) is 7.05 Å². The van der Waals surface area contributed by atoms with E-state index in [1.807, 2.05) is 24.3 Å². The number of sulfonamides is 1. The van der Waals surface area contributed by atoms with Crippen LogP contribution in [0.5, 0.6) is 0 Å². The molecule has 152 valence electrons. The summed E-state index contributed by atoms with van der Waals surface area (Å²) < 4.78 is 31.4. The van der Waals surface area contributed by atoms with Crippen LogP contribution in [0.3, 0.4) is 0 Å². The predicted octanol–water partition coefficient (Wildman–Crippen LogP) is 1.54. The molecule has 3 rings (SSSR count). The highest BCUT2D eigenvalue weighted by atomic mass is 127. The Morgan fingerprint density at radius 3 is 2.78 bits per heavy atom. The lowest BCUT2D eigenvalue weighted by atomic mass is 9.87. The van der Waals surface area contributed by atoms with Crippen molar-refractivity contribution in [1.82, 2.24) is 14.9 Å². The number of guanidine groups is 1. The third-order valence-corrected chi connectivity index (χ3v) is 6.58. The van der Waals surface area contributed by atoms with E-state index in [-0.39, 0.29) is 29.7 Å². The molecule has 2 fully saturated rings. The fourth-order valence-electron chi connectivity index (χ4n) is 3.72. The summed E-state index contributed by atoms with van der Waals surface area (Å²) in [5.74, 6) is 0.878. The molecule has 2 aliphatic rings. The van der Waals surface area contributed by atoms with Gasteiger partial charge in [0.25, 0.3) is 0 Å². The van der Waals surface area contributed by atoms with E-state index in [0.717, 1.165) is 56.2 Å². The van der Waals surface area contributed by atoms with E-state index in [1.165, 1.54) is 7.05 Å². The molecule has 9 heteroatoms. The molecular weight excluding hydrogens is 479 g/mol. The molecule has 2 saturated heterocycles. The number of ether oxygens (including phenoxy) is 1. The van der Waals surface area contributed by atoms with Crippen LogP contribution in [0.25, 0.3) is 0 Å². The first-order valence-electron chi connectivity index (χ1n) is 8.98. The zero-order valence-corrected chi connectivity index (χ0v) is 19.0. The van der Waals surface area contributed by atoms with Crippen LogP contribution in [0.2, 0.25) is 0 Å². The topological polar surface area (TPSA) is 83.0 Å². The van der Waals surface area contributed by atoms with Gasteiger partial charge in [-0.2, -0.15) is 0 Å². The van der Waals surface area contributed by atoms with E-state index in [2.05, 4.69) is 19.9 Å². The van der Waals surface area contributed by atoms with Crippen molar-refractivity contribution in [1.29, 1.82) is 0 Å². The number of halogens is 1. The molecule has 1 aromatic carbocycles. The van der Waals surface area contributed by atoms with Gasteiger partial charge in [0.05, 0.1) is 12.4 Å². The highest BCUT2D eigenvalue weighted by molar-refractivity contribution is 14.0. The maximum absolute atomic E-state index is 11.7. The molecule has 1 unspecified atom stereocenters. The lowest BCUT2D eigenvalue weighted by molar-refractivity contribution is 0.156. The molecule has 2 aliphatic heterocycles. The van der Waals surface area contributed by atoms with Gasteiger partial charge in [0, 0.05) is 38.7 Å². The van der Waals surface area contributed by atoms with Crippen LogP contribution in [-0.2, 0) is 27.1 Å². The van der Waals surface area contributed by atoms with Crippen molar-refractivity contribution < 1.29 is 13.2 Å². The fourth-order valence-corrected chi connectivity index (χ4v) is 4.48. The largest absolute Gasteiger partial charge is 0.381 e. The molecule has 2 heterocycles. The fraction of sp³-hybridized carbons (Fsp3) is 0.611. The standard InChI is InChI=1S/C18H28N4O3S.HI/c1-19-17(22-8-6-18(13-22)7-9-25-14-18)21-11-15-4-3-5-16(10-15)12-26(23,24)20-2;/h3-5,10,20H,6-9,11-14H2,1-2H3,(H,19,21);1H. The molecule has 0 aliphatic carbocycles. The Balaban J connectivity index is 0.00000261. The van der Waals surface area contributed by atoms with Gasteiger partial charge in [-0.1, -0.05) is 24.3 Å². The Morgan fingerprint density at radius 2 is 2.11 bits per heavy atom. The molecule has 0 aromatic heterocycles. The van der Waals surface area contributed by atoms with Crippen molar-refractivity contribution >= 4 is 40.0 Å². The average molecular weight is 508 g/mol. The van der Waals surface area contributed by atoms with Gasteiger partial charge in [-0.15, -0.1) is 24.0 Å². The van der Waals surface area contributed by atoms with Crippen molar-refractivity contribution in [2.45, 2.75) is 25.1 Å². The maximum Gasteiger partial charge on any atom is 0.215 e. The third-order valence-electron chi connectivity index (χ3n) is 5.24. The summed E-state index contributed by atoms with van der Waals surface area (Å²) in [6.07, 6.45) is 2.27. The number of nitrogens with one attached hydrogen (secondary N) is 2. The average Bonchev–Trinajstić information content (AvgIpc) is 3.26. The summed E-state index contributed by atoms with van der Waals surface area (Å²) in [7, 11) is -0.0320. The first kappa shape index (κ1) is 22.4. The smallest absolute Gasteiger partial charge is 0.215 e. The minimum absolute atomic E-state index is 0. The molecule has 27 heavy (non-hydrogen) atoms. The summed E-state index contributed by atoms with van der Waals surface area (Å²) in [6.45, 7) is 4.29. The van der Waals surface area contributed by atoms with Crippen molar-refractivity contribution in [3.63, 3.8) is 0 Å². The quantitative estimate of drug-likeness (QED) is 0.358. The Morgan fingerprint density at radius 1 is 1.33 bits per heavy atom.